The minimum atomic E-state index is -0.338. The van der Waals surface area contributed by atoms with Crippen LogP contribution < -0.4 is 5.32 Å². The van der Waals surface area contributed by atoms with Gasteiger partial charge in [-0.1, -0.05) is 31.0 Å². The molecule has 1 saturated heterocycles. The van der Waals surface area contributed by atoms with Gasteiger partial charge in [0.05, 0.1) is 5.75 Å². The van der Waals surface area contributed by atoms with Gasteiger partial charge in [0.25, 0.3) is 0 Å². The van der Waals surface area contributed by atoms with E-state index in [0.29, 0.717) is 12.2 Å². The summed E-state index contributed by atoms with van der Waals surface area (Å²) in [7, 11) is 0. The topological polar surface area (TPSA) is 54.3 Å². The highest BCUT2D eigenvalue weighted by Crippen LogP contribution is 2.30. The Morgan fingerprint density at radius 1 is 0.968 bits per heavy atom. The Hall–Kier alpha value is -2.80. The van der Waals surface area contributed by atoms with Crippen LogP contribution in [0.3, 0.4) is 0 Å². The van der Waals surface area contributed by atoms with Crippen LogP contribution in [0.25, 0.3) is 10.9 Å². The fourth-order valence-corrected chi connectivity index (χ4v) is 4.79. The lowest BCUT2D eigenvalue weighted by Gasteiger charge is -2.20. The van der Waals surface area contributed by atoms with Crippen molar-refractivity contribution in [1.29, 1.82) is 0 Å². The average Bonchev–Trinajstić information content (AvgIpc) is 2.93. The molecule has 0 aliphatic carbocycles. The van der Waals surface area contributed by atoms with Gasteiger partial charge in [0.2, 0.25) is 11.8 Å². The van der Waals surface area contributed by atoms with Crippen molar-refractivity contribution in [2.75, 3.05) is 24.2 Å². The first kappa shape index (κ1) is 21.4. The van der Waals surface area contributed by atoms with Gasteiger partial charge in [-0.15, -0.1) is 11.8 Å². The molecule has 2 amide bonds. The van der Waals surface area contributed by atoms with Crippen LogP contribution in [0.2, 0.25) is 0 Å². The van der Waals surface area contributed by atoms with Gasteiger partial charge in [-0.05, 0) is 43.2 Å². The molecule has 3 aromatic rings. The summed E-state index contributed by atoms with van der Waals surface area (Å²) in [6.07, 6.45) is 6.50. The van der Waals surface area contributed by atoms with Crippen molar-refractivity contribution in [3.8, 4) is 0 Å². The minimum absolute atomic E-state index is 0.147. The maximum absolute atomic E-state index is 13.0. The van der Waals surface area contributed by atoms with Crippen molar-refractivity contribution in [2.45, 2.75) is 37.1 Å². The number of thioether (sulfide) groups is 1. The van der Waals surface area contributed by atoms with E-state index in [-0.39, 0.29) is 23.4 Å². The summed E-state index contributed by atoms with van der Waals surface area (Å²) < 4.78 is 15.0. The second-order valence-corrected chi connectivity index (χ2v) is 8.79. The van der Waals surface area contributed by atoms with Gasteiger partial charge in [0.15, 0.2) is 0 Å². The van der Waals surface area contributed by atoms with Crippen molar-refractivity contribution >= 4 is 40.2 Å². The Kier molecular flexibility index (Phi) is 6.92. The quantitative estimate of drug-likeness (QED) is 0.555. The third kappa shape index (κ3) is 5.47. The van der Waals surface area contributed by atoms with Crippen LogP contribution in [-0.4, -0.2) is 40.1 Å². The Morgan fingerprint density at radius 3 is 2.42 bits per heavy atom. The standard InChI is InChI=1S/C24H26FN3O2S/c25-18-9-11-19(12-10-18)26-23(29)17-31-22-15-28(21-8-4-3-7-20(21)22)16-24(30)27-13-5-1-2-6-14-27/h3-4,7-12,15H,1-2,5-6,13-14,16-17H2,(H,26,29). The molecular weight excluding hydrogens is 413 g/mol. The lowest BCUT2D eigenvalue weighted by Crippen LogP contribution is -2.34. The normalized spacial score (nSPS) is 14.4. The highest BCUT2D eigenvalue weighted by atomic mass is 32.2. The highest BCUT2D eigenvalue weighted by molar-refractivity contribution is 8.00. The molecule has 0 spiro atoms. The molecule has 162 valence electrons. The number of nitrogens with zero attached hydrogens (tertiary/aromatic N) is 2. The smallest absolute Gasteiger partial charge is 0.242 e. The van der Waals surface area contributed by atoms with Crippen molar-refractivity contribution in [3.63, 3.8) is 0 Å². The number of carbonyl (C=O) groups is 2. The molecule has 1 fully saturated rings. The average molecular weight is 440 g/mol. The first-order valence-corrected chi connectivity index (χ1v) is 11.6. The maximum atomic E-state index is 13.0. The number of fused-ring (bicyclic) bond motifs is 1. The number of benzene rings is 2. The maximum Gasteiger partial charge on any atom is 0.242 e. The number of para-hydroxylation sites is 1. The lowest BCUT2D eigenvalue weighted by atomic mass is 10.2. The van der Waals surface area contributed by atoms with Gasteiger partial charge in [0, 0.05) is 40.8 Å². The third-order valence-corrected chi connectivity index (χ3v) is 6.55. The van der Waals surface area contributed by atoms with Crippen LogP contribution in [0, 0.1) is 5.82 Å². The molecule has 1 aliphatic rings. The number of carbonyl (C=O) groups excluding carboxylic acids is 2. The van der Waals surface area contributed by atoms with Crippen LogP contribution in [-0.2, 0) is 16.1 Å². The van der Waals surface area contributed by atoms with E-state index in [2.05, 4.69) is 5.32 Å². The van der Waals surface area contributed by atoms with Gasteiger partial charge in [-0.2, -0.15) is 0 Å². The molecule has 1 N–H and O–H groups in total. The SMILES string of the molecule is O=C(CSc1cn(CC(=O)N2CCCCCC2)c2ccccc12)Nc1ccc(F)cc1. The number of hydrogen-bond acceptors (Lipinski definition) is 3. The van der Waals surface area contributed by atoms with E-state index in [4.69, 9.17) is 0 Å². The second-order valence-electron chi connectivity index (χ2n) is 7.78. The van der Waals surface area contributed by atoms with Crippen LogP contribution in [0.4, 0.5) is 10.1 Å². The summed E-state index contributed by atoms with van der Waals surface area (Å²) in [5.74, 6) is -0.122. The number of amides is 2. The Labute approximate surface area is 185 Å². The molecule has 2 aromatic carbocycles. The predicted octanol–water partition coefficient (Wildman–Crippen LogP) is 4.91. The van der Waals surface area contributed by atoms with E-state index in [1.165, 1.54) is 48.9 Å². The van der Waals surface area contributed by atoms with E-state index < -0.39 is 0 Å². The molecule has 0 saturated carbocycles. The third-order valence-electron chi connectivity index (χ3n) is 5.50. The fraction of sp³-hybridized carbons (Fsp3) is 0.333. The first-order valence-electron chi connectivity index (χ1n) is 10.6. The monoisotopic (exact) mass is 439 g/mol. The Bertz CT molecular complexity index is 1060. The van der Waals surface area contributed by atoms with Crippen molar-refractivity contribution in [3.05, 3.63) is 60.5 Å². The van der Waals surface area contributed by atoms with Gasteiger partial charge in [-0.25, -0.2) is 4.39 Å². The molecule has 0 atom stereocenters. The summed E-state index contributed by atoms with van der Waals surface area (Å²) in [5.41, 5.74) is 1.56. The van der Waals surface area contributed by atoms with Gasteiger partial charge in [0.1, 0.15) is 12.4 Å². The van der Waals surface area contributed by atoms with E-state index in [9.17, 15) is 14.0 Å². The summed E-state index contributed by atoms with van der Waals surface area (Å²) in [6, 6.07) is 13.7. The van der Waals surface area contributed by atoms with Gasteiger partial charge in [-0.3, -0.25) is 9.59 Å². The molecule has 5 nitrogen and oxygen atoms in total. The molecule has 7 heteroatoms. The largest absolute Gasteiger partial charge is 0.341 e. The summed E-state index contributed by atoms with van der Waals surface area (Å²) in [5, 5.41) is 3.81. The summed E-state index contributed by atoms with van der Waals surface area (Å²) in [6.45, 7) is 1.98. The van der Waals surface area contributed by atoms with Crippen LogP contribution in [0.1, 0.15) is 25.7 Å². The Balaban J connectivity index is 1.44. The van der Waals surface area contributed by atoms with E-state index in [1.807, 2.05) is 39.9 Å². The molecule has 0 radical (unpaired) electrons. The molecule has 4 rings (SSSR count). The van der Waals surface area contributed by atoms with Crippen molar-refractivity contribution in [1.82, 2.24) is 9.47 Å². The van der Waals surface area contributed by atoms with E-state index in [1.54, 1.807) is 0 Å². The fourth-order valence-electron chi connectivity index (χ4n) is 3.90. The second kappa shape index (κ2) is 10.0. The predicted molar refractivity (Wildman–Crippen MR) is 123 cm³/mol. The number of aromatic nitrogens is 1. The van der Waals surface area contributed by atoms with Gasteiger partial charge >= 0.3 is 0 Å². The molecule has 1 aromatic heterocycles. The van der Waals surface area contributed by atoms with E-state index >= 15 is 0 Å². The number of hydrogen-bond donors (Lipinski definition) is 1. The Morgan fingerprint density at radius 2 is 1.68 bits per heavy atom. The number of likely N-dealkylation sites (tertiary alicyclic amines) is 1. The zero-order valence-electron chi connectivity index (χ0n) is 17.4. The summed E-state index contributed by atoms with van der Waals surface area (Å²) >= 11 is 1.44. The zero-order chi connectivity index (χ0) is 21.6. The lowest BCUT2D eigenvalue weighted by molar-refractivity contribution is -0.131. The van der Waals surface area contributed by atoms with E-state index in [0.717, 1.165) is 41.7 Å². The molecule has 1 aliphatic heterocycles. The summed E-state index contributed by atoms with van der Waals surface area (Å²) in [4.78, 5) is 28.2. The molecule has 31 heavy (non-hydrogen) atoms. The number of rotatable bonds is 6. The minimum Gasteiger partial charge on any atom is -0.341 e. The number of nitrogens with one attached hydrogen (secondary N) is 1. The molecule has 0 unspecified atom stereocenters. The molecule has 0 bridgehead atoms. The van der Waals surface area contributed by atoms with Crippen LogP contribution in [0.5, 0.6) is 0 Å². The van der Waals surface area contributed by atoms with Crippen molar-refractivity contribution < 1.29 is 14.0 Å². The number of anilines is 1. The van der Waals surface area contributed by atoms with Crippen LogP contribution in [0.15, 0.2) is 59.6 Å². The zero-order valence-corrected chi connectivity index (χ0v) is 18.2. The first-order chi connectivity index (χ1) is 15.1. The highest BCUT2D eigenvalue weighted by Gasteiger charge is 2.18. The molecule has 2 heterocycles. The van der Waals surface area contributed by atoms with Gasteiger partial charge < -0.3 is 14.8 Å². The molecular formula is C24H26FN3O2S. The number of halogens is 1. The van der Waals surface area contributed by atoms with Crippen LogP contribution >= 0.6 is 11.8 Å². The van der Waals surface area contributed by atoms with Crippen molar-refractivity contribution in [2.24, 2.45) is 0 Å².